The normalized spacial score (nSPS) is 10.8. The molecule has 0 aliphatic heterocycles. The van der Waals surface area contributed by atoms with Crippen LogP contribution in [0.5, 0.6) is 0 Å². The Hall–Kier alpha value is -0.900. The van der Waals surface area contributed by atoms with Crippen molar-refractivity contribution in [2.45, 2.75) is 71.1 Å². The average molecular weight is 370 g/mol. The van der Waals surface area contributed by atoms with Crippen LogP contribution in [-0.2, 0) is 15.1 Å². The molecule has 24 heavy (non-hydrogen) atoms. The van der Waals surface area contributed by atoms with Crippen molar-refractivity contribution in [3.05, 3.63) is 0 Å². The molecule has 0 atom stereocenters. The first-order chi connectivity index (χ1) is 11.3. The minimum Gasteiger partial charge on any atom is -0.382 e. The zero-order valence-electron chi connectivity index (χ0n) is 14.8. The van der Waals surface area contributed by atoms with E-state index in [2.05, 4.69) is 11.9 Å². The third-order valence-electron chi connectivity index (χ3n) is 3.20. The Morgan fingerprint density at radius 1 is 0.875 bits per heavy atom. The van der Waals surface area contributed by atoms with Crippen molar-refractivity contribution in [2.75, 3.05) is 19.8 Å². The van der Waals surface area contributed by atoms with Crippen LogP contribution in [0.25, 0.3) is 0 Å². The van der Waals surface area contributed by atoms with Crippen LogP contribution in [-0.4, -0.2) is 43.2 Å². The number of unbranched alkanes of at least 4 members (excludes halogenated alkanes) is 9. The Morgan fingerprint density at radius 2 is 1.25 bits per heavy atom. The van der Waals surface area contributed by atoms with Crippen molar-refractivity contribution in [2.24, 2.45) is 16.5 Å². The molecule has 0 aromatic carbocycles. The lowest BCUT2D eigenvalue weighted by Crippen LogP contribution is -2.22. The maximum Gasteiger partial charge on any atom is 0.394 e. The number of guanidine groups is 1. The number of nitrogens with zero attached hydrogens (tertiary/aromatic N) is 1. The van der Waals surface area contributed by atoms with Crippen molar-refractivity contribution in [1.82, 2.24) is 0 Å². The maximum atomic E-state index is 8.74. The molecule has 0 fully saturated rings. The summed E-state index contributed by atoms with van der Waals surface area (Å²) in [7, 11) is -4.67. The van der Waals surface area contributed by atoms with Gasteiger partial charge in [0.25, 0.3) is 0 Å². The lowest BCUT2D eigenvalue weighted by molar-refractivity contribution is 0.143. The third kappa shape index (κ3) is 37.4. The van der Waals surface area contributed by atoms with Crippen LogP contribution >= 0.6 is 0 Å². The molecule has 0 bridgehead atoms. The summed E-state index contributed by atoms with van der Waals surface area (Å²) in [6.07, 6.45) is 13.0. The van der Waals surface area contributed by atoms with E-state index in [0.29, 0.717) is 0 Å². The van der Waals surface area contributed by atoms with Crippen LogP contribution in [0.1, 0.15) is 71.1 Å². The second kappa shape index (κ2) is 18.4. The zero-order valence-corrected chi connectivity index (χ0v) is 15.6. The molecule has 146 valence electrons. The van der Waals surface area contributed by atoms with Gasteiger partial charge in [-0.2, -0.15) is 8.42 Å². The SMILES string of the molecule is CCOCCCCCCCCCCCCN=C(N)N.O=S(=O)(O)O. The quantitative estimate of drug-likeness (QED) is 0.159. The molecule has 9 heteroatoms. The van der Waals surface area contributed by atoms with Gasteiger partial charge < -0.3 is 16.2 Å². The van der Waals surface area contributed by atoms with E-state index in [0.717, 1.165) is 26.2 Å². The van der Waals surface area contributed by atoms with Crippen LogP contribution in [0.4, 0.5) is 0 Å². The average Bonchev–Trinajstić information content (AvgIpc) is 2.45. The molecule has 0 rings (SSSR count). The second-order valence-electron chi connectivity index (χ2n) is 5.49. The number of hydrogen-bond donors (Lipinski definition) is 4. The lowest BCUT2D eigenvalue weighted by Gasteiger charge is -2.03. The molecule has 0 unspecified atom stereocenters. The first kappa shape index (κ1) is 25.3. The molecule has 0 heterocycles. The van der Waals surface area contributed by atoms with Gasteiger partial charge in [-0.3, -0.25) is 14.1 Å². The molecule has 0 saturated heterocycles. The molecule has 0 spiro atoms. The Labute approximate surface area is 146 Å². The molecule has 0 radical (unpaired) electrons. The molecular formula is C15H35N3O5S. The molecule has 8 nitrogen and oxygen atoms in total. The van der Waals surface area contributed by atoms with E-state index in [-0.39, 0.29) is 5.96 Å². The van der Waals surface area contributed by atoms with E-state index in [4.69, 9.17) is 33.7 Å². The molecule has 0 aromatic heterocycles. The van der Waals surface area contributed by atoms with Gasteiger partial charge in [0.2, 0.25) is 0 Å². The minimum atomic E-state index is -4.67. The Bertz CT molecular complexity index is 377. The number of rotatable bonds is 14. The van der Waals surface area contributed by atoms with E-state index in [1.54, 1.807) is 0 Å². The van der Waals surface area contributed by atoms with E-state index < -0.39 is 10.4 Å². The summed E-state index contributed by atoms with van der Waals surface area (Å²) in [5.41, 5.74) is 10.5. The second-order valence-corrected chi connectivity index (χ2v) is 6.38. The Morgan fingerprint density at radius 3 is 1.62 bits per heavy atom. The molecule has 0 saturated carbocycles. The van der Waals surface area contributed by atoms with Gasteiger partial charge in [-0.05, 0) is 19.8 Å². The first-order valence-corrected chi connectivity index (χ1v) is 10.00. The van der Waals surface area contributed by atoms with Gasteiger partial charge in [-0.1, -0.05) is 51.4 Å². The number of aliphatic imine (C=N–C) groups is 1. The highest BCUT2D eigenvalue weighted by Gasteiger charge is 1.93. The van der Waals surface area contributed by atoms with E-state index in [1.165, 1.54) is 57.8 Å². The Balaban J connectivity index is 0. The largest absolute Gasteiger partial charge is 0.394 e. The van der Waals surface area contributed by atoms with Crippen LogP contribution in [0.15, 0.2) is 4.99 Å². The van der Waals surface area contributed by atoms with Crippen molar-refractivity contribution in [3.63, 3.8) is 0 Å². The van der Waals surface area contributed by atoms with Crippen LogP contribution < -0.4 is 11.5 Å². The molecule has 0 aliphatic rings. The monoisotopic (exact) mass is 369 g/mol. The summed E-state index contributed by atoms with van der Waals surface area (Å²) in [5, 5.41) is 0. The van der Waals surface area contributed by atoms with Crippen molar-refractivity contribution < 1.29 is 22.3 Å². The van der Waals surface area contributed by atoms with E-state index in [9.17, 15) is 0 Å². The van der Waals surface area contributed by atoms with Gasteiger partial charge in [0, 0.05) is 19.8 Å². The predicted octanol–water partition coefficient (Wildman–Crippen LogP) is 2.54. The molecule has 0 amide bonds. The van der Waals surface area contributed by atoms with E-state index in [1.807, 2.05) is 0 Å². The van der Waals surface area contributed by atoms with Crippen LogP contribution in [0.2, 0.25) is 0 Å². The smallest absolute Gasteiger partial charge is 0.382 e. The third-order valence-corrected chi connectivity index (χ3v) is 3.20. The fraction of sp³-hybridized carbons (Fsp3) is 0.933. The molecular weight excluding hydrogens is 334 g/mol. The van der Waals surface area contributed by atoms with Crippen molar-refractivity contribution in [3.8, 4) is 0 Å². The van der Waals surface area contributed by atoms with E-state index >= 15 is 0 Å². The standard InChI is InChI=1S/C15H33N3O.H2O4S/c1-2-19-14-12-10-8-6-4-3-5-7-9-11-13-18-15(16)17;1-5(2,3)4/h2-14H2,1H3,(H4,16,17,18);(H2,1,2,3,4). The maximum absolute atomic E-state index is 8.74. The Kier molecular flexibility index (Phi) is 19.5. The van der Waals surface area contributed by atoms with Gasteiger partial charge in [-0.25, -0.2) is 0 Å². The van der Waals surface area contributed by atoms with Gasteiger partial charge in [0.05, 0.1) is 0 Å². The summed E-state index contributed by atoms with van der Waals surface area (Å²) < 4.78 is 36.9. The number of ether oxygens (including phenoxy) is 1. The summed E-state index contributed by atoms with van der Waals surface area (Å²) in [4.78, 5) is 3.98. The van der Waals surface area contributed by atoms with Crippen LogP contribution in [0.3, 0.4) is 0 Å². The summed E-state index contributed by atoms with van der Waals surface area (Å²) in [6, 6.07) is 0. The minimum absolute atomic E-state index is 0.212. The van der Waals surface area contributed by atoms with Crippen LogP contribution in [0, 0.1) is 0 Å². The van der Waals surface area contributed by atoms with Crippen molar-refractivity contribution in [1.29, 1.82) is 0 Å². The molecule has 0 aliphatic carbocycles. The predicted molar refractivity (Wildman–Crippen MR) is 97.5 cm³/mol. The van der Waals surface area contributed by atoms with Crippen molar-refractivity contribution >= 4 is 16.4 Å². The summed E-state index contributed by atoms with van der Waals surface area (Å²) in [6.45, 7) is 4.62. The van der Waals surface area contributed by atoms with Gasteiger partial charge in [0.1, 0.15) is 0 Å². The number of hydrogen-bond acceptors (Lipinski definition) is 4. The first-order valence-electron chi connectivity index (χ1n) is 8.60. The summed E-state index contributed by atoms with van der Waals surface area (Å²) in [5.74, 6) is 0.212. The topological polar surface area (TPSA) is 148 Å². The zero-order chi connectivity index (χ0) is 18.7. The highest BCUT2D eigenvalue weighted by Crippen LogP contribution is 2.10. The van der Waals surface area contributed by atoms with Gasteiger partial charge in [-0.15, -0.1) is 0 Å². The van der Waals surface area contributed by atoms with Gasteiger partial charge in [0.15, 0.2) is 5.96 Å². The highest BCUT2D eigenvalue weighted by molar-refractivity contribution is 7.79. The molecule has 0 aromatic rings. The molecule has 6 N–H and O–H groups in total. The number of nitrogens with two attached hydrogens (primary N) is 2. The summed E-state index contributed by atoms with van der Waals surface area (Å²) >= 11 is 0. The highest BCUT2D eigenvalue weighted by atomic mass is 32.3. The lowest BCUT2D eigenvalue weighted by atomic mass is 10.1. The van der Waals surface area contributed by atoms with Gasteiger partial charge >= 0.3 is 10.4 Å². The fourth-order valence-electron chi connectivity index (χ4n) is 2.08. The fourth-order valence-corrected chi connectivity index (χ4v) is 2.08.